The minimum absolute atomic E-state index is 0.402. The molecule has 1 saturated carbocycles. The molecule has 58 valence electrons. The molecule has 1 aliphatic carbocycles. The second-order valence-electron chi connectivity index (χ2n) is 2.87. The van der Waals surface area contributed by atoms with E-state index in [1.807, 2.05) is 6.92 Å². The van der Waals surface area contributed by atoms with E-state index in [-0.39, 0.29) is 0 Å². The normalized spacial score (nSPS) is 18.5. The van der Waals surface area contributed by atoms with Gasteiger partial charge in [-0.15, -0.1) is 0 Å². The largest absolute Gasteiger partial charge is 0.310 e. The lowest BCUT2D eigenvalue weighted by Gasteiger charge is -2.23. The Morgan fingerprint density at radius 2 is 2.30 bits per heavy atom. The van der Waals surface area contributed by atoms with Crippen LogP contribution in [0.2, 0.25) is 0 Å². The number of carbonyl (C=O) groups excluding carboxylic acids is 1. The standard InChI is InChI=1S/C8H15NO/c1-2-9-6-8(10)7-4-3-5-7/h7,9H,2-6H2,1H3. The molecule has 0 radical (unpaired) electrons. The van der Waals surface area contributed by atoms with Crippen LogP contribution >= 0.6 is 0 Å². The maximum Gasteiger partial charge on any atom is 0.149 e. The van der Waals surface area contributed by atoms with Gasteiger partial charge in [-0.25, -0.2) is 0 Å². The Balaban J connectivity index is 2.08. The molecule has 0 bridgehead atoms. The van der Waals surface area contributed by atoms with Crippen LogP contribution in [0.15, 0.2) is 0 Å². The van der Waals surface area contributed by atoms with Gasteiger partial charge < -0.3 is 5.32 Å². The smallest absolute Gasteiger partial charge is 0.149 e. The van der Waals surface area contributed by atoms with Crippen LogP contribution in [0.5, 0.6) is 0 Å². The summed E-state index contributed by atoms with van der Waals surface area (Å²) in [5, 5.41) is 3.05. The van der Waals surface area contributed by atoms with Crippen molar-refractivity contribution in [3.05, 3.63) is 0 Å². The van der Waals surface area contributed by atoms with E-state index in [1.165, 1.54) is 6.42 Å². The van der Waals surface area contributed by atoms with Crippen LogP contribution in [0.3, 0.4) is 0 Å². The fraction of sp³-hybridized carbons (Fsp3) is 0.875. The van der Waals surface area contributed by atoms with E-state index in [4.69, 9.17) is 0 Å². The molecule has 2 heteroatoms. The third-order valence-electron chi connectivity index (χ3n) is 2.11. The monoisotopic (exact) mass is 141 g/mol. The highest BCUT2D eigenvalue weighted by Gasteiger charge is 2.23. The molecule has 0 aromatic heterocycles. The molecule has 0 aliphatic heterocycles. The van der Waals surface area contributed by atoms with Gasteiger partial charge in [-0.1, -0.05) is 13.3 Å². The first-order chi connectivity index (χ1) is 4.84. The summed E-state index contributed by atoms with van der Waals surface area (Å²) in [6.45, 7) is 3.51. The molecule has 0 amide bonds. The molecule has 0 aromatic rings. The average molecular weight is 141 g/mol. The number of hydrogen-bond donors (Lipinski definition) is 1. The van der Waals surface area contributed by atoms with Crippen LogP contribution in [0.25, 0.3) is 0 Å². The maximum absolute atomic E-state index is 11.1. The Bertz CT molecular complexity index is 118. The van der Waals surface area contributed by atoms with Gasteiger partial charge in [-0.05, 0) is 19.4 Å². The topological polar surface area (TPSA) is 29.1 Å². The van der Waals surface area contributed by atoms with E-state index < -0.39 is 0 Å². The van der Waals surface area contributed by atoms with Crippen molar-refractivity contribution in [1.29, 1.82) is 0 Å². The number of Topliss-reactive ketones (excluding diaryl/α,β-unsaturated/α-hetero) is 1. The molecule has 2 nitrogen and oxygen atoms in total. The van der Waals surface area contributed by atoms with E-state index in [0.717, 1.165) is 19.4 Å². The molecule has 1 rings (SSSR count). The number of carbonyl (C=O) groups is 1. The van der Waals surface area contributed by atoms with Crippen molar-refractivity contribution in [2.75, 3.05) is 13.1 Å². The van der Waals surface area contributed by atoms with Gasteiger partial charge in [0.05, 0.1) is 6.54 Å². The van der Waals surface area contributed by atoms with Crippen LogP contribution in [-0.4, -0.2) is 18.9 Å². The zero-order chi connectivity index (χ0) is 7.40. The van der Waals surface area contributed by atoms with Crippen molar-refractivity contribution in [2.45, 2.75) is 26.2 Å². The molecule has 0 saturated heterocycles. The van der Waals surface area contributed by atoms with Gasteiger partial charge in [0.15, 0.2) is 0 Å². The zero-order valence-corrected chi connectivity index (χ0v) is 6.52. The molecule has 1 aliphatic rings. The number of nitrogens with one attached hydrogen (secondary N) is 1. The van der Waals surface area contributed by atoms with Crippen LogP contribution < -0.4 is 5.32 Å². The minimum Gasteiger partial charge on any atom is -0.310 e. The second-order valence-corrected chi connectivity index (χ2v) is 2.87. The number of rotatable bonds is 4. The third kappa shape index (κ3) is 1.81. The lowest BCUT2D eigenvalue weighted by atomic mass is 9.82. The van der Waals surface area contributed by atoms with Crippen molar-refractivity contribution < 1.29 is 4.79 Å². The SMILES string of the molecule is CCNCC(=O)C1CCC1. The summed E-state index contributed by atoms with van der Waals surface area (Å²) in [7, 11) is 0. The van der Waals surface area contributed by atoms with Gasteiger partial charge in [0.1, 0.15) is 5.78 Å². The Kier molecular flexibility index (Phi) is 2.87. The lowest BCUT2D eigenvalue weighted by molar-refractivity contribution is -0.124. The maximum atomic E-state index is 11.1. The molecule has 0 aromatic carbocycles. The summed E-state index contributed by atoms with van der Waals surface area (Å²) >= 11 is 0. The highest BCUT2D eigenvalue weighted by Crippen LogP contribution is 2.26. The summed E-state index contributed by atoms with van der Waals surface area (Å²) in [5.74, 6) is 0.812. The molecule has 0 heterocycles. The Hall–Kier alpha value is -0.370. The van der Waals surface area contributed by atoms with Gasteiger partial charge in [0.2, 0.25) is 0 Å². The summed E-state index contributed by atoms with van der Waals surface area (Å²) in [6.07, 6.45) is 3.51. The van der Waals surface area contributed by atoms with Gasteiger partial charge in [0, 0.05) is 5.92 Å². The van der Waals surface area contributed by atoms with Crippen molar-refractivity contribution in [1.82, 2.24) is 5.32 Å². The molecule has 0 unspecified atom stereocenters. The van der Waals surface area contributed by atoms with Gasteiger partial charge in [-0.3, -0.25) is 4.79 Å². The predicted octanol–water partition coefficient (Wildman–Crippen LogP) is 0.965. The van der Waals surface area contributed by atoms with Crippen LogP contribution in [0.1, 0.15) is 26.2 Å². The lowest BCUT2D eigenvalue weighted by Crippen LogP contribution is -2.31. The first-order valence-corrected chi connectivity index (χ1v) is 4.08. The van der Waals surface area contributed by atoms with Crippen LogP contribution in [-0.2, 0) is 4.79 Å². The molecule has 1 N–H and O–H groups in total. The fourth-order valence-corrected chi connectivity index (χ4v) is 1.12. The van der Waals surface area contributed by atoms with E-state index in [0.29, 0.717) is 18.2 Å². The highest BCUT2D eigenvalue weighted by atomic mass is 16.1. The highest BCUT2D eigenvalue weighted by molar-refractivity contribution is 5.83. The molecule has 0 spiro atoms. The summed E-state index contributed by atoms with van der Waals surface area (Å²) in [5.41, 5.74) is 0. The zero-order valence-electron chi connectivity index (χ0n) is 6.52. The van der Waals surface area contributed by atoms with Gasteiger partial charge in [-0.2, -0.15) is 0 Å². The summed E-state index contributed by atoms with van der Waals surface area (Å²) in [6, 6.07) is 0. The molecule has 1 fully saturated rings. The van der Waals surface area contributed by atoms with Crippen molar-refractivity contribution >= 4 is 5.78 Å². The van der Waals surface area contributed by atoms with Crippen LogP contribution in [0.4, 0.5) is 0 Å². The Morgan fingerprint density at radius 3 is 2.70 bits per heavy atom. The summed E-state index contributed by atoms with van der Waals surface area (Å²) < 4.78 is 0. The number of ketones is 1. The van der Waals surface area contributed by atoms with Crippen molar-refractivity contribution in [2.24, 2.45) is 5.92 Å². The van der Waals surface area contributed by atoms with Crippen LogP contribution in [0, 0.1) is 5.92 Å². The third-order valence-corrected chi connectivity index (χ3v) is 2.11. The molecular formula is C8H15NO. The predicted molar refractivity (Wildman–Crippen MR) is 40.9 cm³/mol. The summed E-state index contributed by atoms with van der Waals surface area (Å²) in [4.78, 5) is 11.1. The average Bonchev–Trinajstić information content (AvgIpc) is 1.79. The van der Waals surface area contributed by atoms with E-state index in [9.17, 15) is 4.79 Å². The van der Waals surface area contributed by atoms with Crippen molar-refractivity contribution in [3.63, 3.8) is 0 Å². The quantitative estimate of drug-likeness (QED) is 0.632. The molecule has 10 heavy (non-hydrogen) atoms. The minimum atomic E-state index is 0.402. The Morgan fingerprint density at radius 1 is 1.60 bits per heavy atom. The van der Waals surface area contributed by atoms with E-state index in [1.54, 1.807) is 0 Å². The first-order valence-electron chi connectivity index (χ1n) is 4.08. The number of hydrogen-bond acceptors (Lipinski definition) is 2. The van der Waals surface area contributed by atoms with Crippen molar-refractivity contribution in [3.8, 4) is 0 Å². The van der Waals surface area contributed by atoms with Gasteiger partial charge in [0.25, 0.3) is 0 Å². The number of likely N-dealkylation sites (N-methyl/N-ethyl adjacent to an activating group) is 1. The Labute approximate surface area is 62.0 Å². The first kappa shape index (κ1) is 7.73. The van der Waals surface area contributed by atoms with Gasteiger partial charge >= 0.3 is 0 Å². The van der Waals surface area contributed by atoms with E-state index >= 15 is 0 Å². The fourth-order valence-electron chi connectivity index (χ4n) is 1.12. The van der Waals surface area contributed by atoms with E-state index in [2.05, 4.69) is 5.32 Å². The molecular weight excluding hydrogens is 126 g/mol. The second kappa shape index (κ2) is 3.71. The molecule has 0 atom stereocenters.